The van der Waals surface area contributed by atoms with Crippen molar-refractivity contribution in [2.45, 2.75) is 6.54 Å². The second kappa shape index (κ2) is 5.51. The van der Waals surface area contributed by atoms with E-state index in [1.54, 1.807) is 12.4 Å². The highest BCUT2D eigenvalue weighted by Crippen LogP contribution is 2.27. The molecule has 0 bridgehead atoms. The highest BCUT2D eigenvalue weighted by molar-refractivity contribution is 6.00. The van der Waals surface area contributed by atoms with Crippen LogP contribution in [0.15, 0.2) is 54.9 Å². The smallest absolute Gasteiger partial charge is 0.0991 e. The summed E-state index contributed by atoms with van der Waals surface area (Å²) < 4.78 is 0. The van der Waals surface area contributed by atoms with Gasteiger partial charge in [-0.3, -0.25) is 4.98 Å². The van der Waals surface area contributed by atoms with Crippen LogP contribution in [0, 0.1) is 11.3 Å². The molecule has 0 unspecified atom stereocenters. The quantitative estimate of drug-likeness (QED) is 0.718. The van der Waals surface area contributed by atoms with Crippen LogP contribution >= 0.6 is 0 Å². The van der Waals surface area contributed by atoms with Gasteiger partial charge in [-0.15, -0.1) is 0 Å². The zero-order valence-corrected chi connectivity index (χ0v) is 11.4. The van der Waals surface area contributed by atoms with E-state index in [-0.39, 0.29) is 0 Å². The molecule has 1 heterocycles. The molecule has 0 atom stereocenters. The van der Waals surface area contributed by atoms with Crippen LogP contribution in [0.2, 0.25) is 0 Å². The molecule has 0 amide bonds. The number of rotatable bonds is 3. The number of aromatic nitrogens is 1. The fourth-order valence-electron chi connectivity index (χ4n) is 2.26. The summed E-state index contributed by atoms with van der Waals surface area (Å²) in [5.41, 5.74) is 9.50. The van der Waals surface area contributed by atoms with Crippen LogP contribution < -0.4 is 11.1 Å². The molecule has 3 N–H and O–H groups in total. The van der Waals surface area contributed by atoms with Crippen molar-refractivity contribution in [1.29, 1.82) is 5.26 Å². The van der Waals surface area contributed by atoms with Gasteiger partial charge in [-0.2, -0.15) is 5.26 Å². The summed E-state index contributed by atoms with van der Waals surface area (Å²) in [7, 11) is 0. The minimum absolute atomic E-state index is 0.669. The van der Waals surface area contributed by atoms with Crippen LogP contribution in [0.25, 0.3) is 10.8 Å². The average molecular weight is 274 g/mol. The predicted octanol–water partition coefficient (Wildman–Crippen LogP) is 3.30. The lowest BCUT2D eigenvalue weighted by Gasteiger charge is -2.11. The van der Waals surface area contributed by atoms with Gasteiger partial charge in [0.25, 0.3) is 0 Å². The number of anilines is 2. The van der Waals surface area contributed by atoms with Crippen LogP contribution in [0.3, 0.4) is 0 Å². The van der Waals surface area contributed by atoms with Crippen LogP contribution in [-0.2, 0) is 6.54 Å². The third-order valence-electron chi connectivity index (χ3n) is 3.42. The van der Waals surface area contributed by atoms with E-state index in [4.69, 9.17) is 11.0 Å². The van der Waals surface area contributed by atoms with Crippen LogP contribution in [0.4, 0.5) is 11.4 Å². The summed E-state index contributed by atoms with van der Waals surface area (Å²) >= 11 is 0. The number of fused-ring (bicyclic) bond motifs is 1. The van der Waals surface area contributed by atoms with Crippen molar-refractivity contribution in [3.05, 3.63) is 66.0 Å². The Morgan fingerprint density at radius 1 is 1.05 bits per heavy atom. The molecule has 0 saturated carbocycles. The van der Waals surface area contributed by atoms with Gasteiger partial charge in [0, 0.05) is 41.1 Å². The Balaban J connectivity index is 1.85. The maximum atomic E-state index is 8.80. The lowest BCUT2D eigenvalue weighted by Crippen LogP contribution is -2.01. The molecule has 102 valence electrons. The summed E-state index contributed by atoms with van der Waals surface area (Å²) in [6.45, 7) is 0.688. The molecule has 0 saturated heterocycles. The Hall–Kier alpha value is -3.06. The molecule has 2 aromatic carbocycles. The second-order valence-corrected chi connectivity index (χ2v) is 4.79. The Bertz CT molecular complexity index is 816. The third-order valence-corrected chi connectivity index (χ3v) is 3.42. The van der Waals surface area contributed by atoms with Gasteiger partial charge in [-0.25, -0.2) is 0 Å². The number of nitrogens with zero attached hydrogens (tertiary/aromatic N) is 2. The van der Waals surface area contributed by atoms with Crippen molar-refractivity contribution >= 4 is 22.1 Å². The minimum atomic E-state index is 0.669. The van der Waals surface area contributed by atoms with Gasteiger partial charge in [0.2, 0.25) is 0 Å². The second-order valence-electron chi connectivity index (χ2n) is 4.79. The highest BCUT2D eigenvalue weighted by atomic mass is 14.9. The largest absolute Gasteiger partial charge is 0.398 e. The summed E-state index contributed by atoms with van der Waals surface area (Å²) in [5.74, 6) is 0. The maximum Gasteiger partial charge on any atom is 0.0991 e. The van der Waals surface area contributed by atoms with E-state index in [0.29, 0.717) is 12.1 Å². The summed E-state index contributed by atoms with van der Waals surface area (Å²) in [5, 5.41) is 14.2. The molecule has 0 radical (unpaired) electrons. The van der Waals surface area contributed by atoms with Crippen molar-refractivity contribution in [1.82, 2.24) is 4.98 Å². The van der Waals surface area contributed by atoms with E-state index in [0.717, 1.165) is 27.7 Å². The first-order chi connectivity index (χ1) is 10.3. The van der Waals surface area contributed by atoms with Crippen LogP contribution in [0.5, 0.6) is 0 Å². The molecule has 0 aliphatic heterocycles. The first-order valence-corrected chi connectivity index (χ1v) is 6.63. The van der Waals surface area contributed by atoms with E-state index in [1.807, 2.05) is 42.5 Å². The molecule has 4 nitrogen and oxygen atoms in total. The van der Waals surface area contributed by atoms with E-state index < -0.39 is 0 Å². The van der Waals surface area contributed by atoms with Gasteiger partial charge >= 0.3 is 0 Å². The van der Waals surface area contributed by atoms with Gasteiger partial charge < -0.3 is 11.1 Å². The molecular weight excluding hydrogens is 260 g/mol. The molecule has 0 aliphatic rings. The molecule has 3 rings (SSSR count). The molecule has 21 heavy (non-hydrogen) atoms. The summed E-state index contributed by atoms with van der Waals surface area (Å²) in [6, 6.07) is 15.5. The molecule has 3 aromatic rings. The van der Waals surface area contributed by atoms with Gasteiger partial charge in [0.15, 0.2) is 0 Å². The first kappa shape index (κ1) is 12.9. The summed E-state index contributed by atoms with van der Waals surface area (Å²) in [4.78, 5) is 4.11. The van der Waals surface area contributed by atoms with Crippen LogP contribution in [-0.4, -0.2) is 4.98 Å². The molecule has 0 spiro atoms. The lowest BCUT2D eigenvalue weighted by molar-refractivity contribution is 1.15. The molecule has 4 heteroatoms. The number of hydrogen-bond acceptors (Lipinski definition) is 4. The fourth-order valence-corrected chi connectivity index (χ4v) is 2.26. The number of nitriles is 1. The van der Waals surface area contributed by atoms with Crippen molar-refractivity contribution in [3.63, 3.8) is 0 Å². The zero-order chi connectivity index (χ0) is 14.7. The van der Waals surface area contributed by atoms with E-state index in [9.17, 15) is 0 Å². The van der Waals surface area contributed by atoms with E-state index in [1.165, 1.54) is 0 Å². The van der Waals surface area contributed by atoms with Gasteiger partial charge in [-0.05, 0) is 35.9 Å². The zero-order valence-electron chi connectivity index (χ0n) is 11.4. The topological polar surface area (TPSA) is 74.7 Å². The average Bonchev–Trinajstić information content (AvgIpc) is 2.55. The standard InChI is InChI=1S/C17H14N4/c18-9-12-1-3-13(4-2-12)10-21-17-6-5-16(19)15-11-20-8-7-14(15)17/h1-8,11,21H,10,19H2. The predicted molar refractivity (Wildman–Crippen MR) is 84.6 cm³/mol. The fraction of sp³-hybridized carbons (Fsp3) is 0.0588. The summed E-state index contributed by atoms with van der Waals surface area (Å²) in [6.07, 6.45) is 3.53. The van der Waals surface area contributed by atoms with Gasteiger partial charge in [-0.1, -0.05) is 12.1 Å². The van der Waals surface area contributed by atoms with Gasteiger partial charge in [0.05, 0.1) is 11.6 Å². The Morgan fingerprint density at radius 3 is 2.62 bits per heavy atom. The van der Waals surface area contributed by atoms with E-state index >= 15 is 0 Å². The van der Waals surface area contributed by atoms with Crippen molar-refractivity contribution < 1.29 is 0 Å². The normalized spacial score (nSPS) is 10.2. The Labute approximate surface area is 122 Å². The van der Waals surface area contributed by atoms with E-state index in [2.05, 4.69) is 16.4 Å². The number of nitrogen functional groups attached to an aromatic ring is 1. The van der Waals surface area contributed by atoms with Crippen LogP contribution in [0.1, 0.15) is 11.1 Å². The number of nitrogens with one attached hydrogen (secondary N) is 1. The lowest BCUT2D eigenvalue weighted by atomic mass is 10.1. The molecule has 1 aromatic heterocycles. The van der Waals surface area contributed by atoms with Crippen molar-refractivity contribution in [3.8, 4) is 6.07 Å². The Kier molecular flexibility index (Phi) is 3.40. The molecular formula is C17H14N4. The maximum absolute atomic E-state index is 8.80. The monoisotopic (exact) mass is 274 g/mol. The highest BCUT2D eigenvalue weighted by Gasteiger charge is 2.04. The first-order valence-electron chi connectivity index (χ1n) is 6.63. The Morgan fingerprint density at radius 2 is 1.86 bits per heavy atom. The third kappa shape index (κ3) is 2.63. The number of hydrogen-bond donors (Lipinski definition) is 2. The SMILES string of the molecule is N#Cc1ccc(CNc2ccc(N)c3cnccc23)cc1. The molecule has 0 aliphatic carbocycles. The number of pyridine rings is 1. The molecule has 0 fully saturated rings. The van der Waals surface area contributed by atoms with Gasteiger partial charge in [0.1, 0.15) is 0 Å². The van der Waals surface area contributed by atoms with Crippen molar-refractivity contribution in [2.24, 2.45) is 0 Å². The number of benzene rings is 2. The minimum Gasteiger partial charge on any atom is -0.398 e. The number of nitrogens with two attached hydrogens (primary N) is 1. The van der Waals surface area contributed by atoms with Crippen molar-refractivity contribution in [2.75, 3.05) is 11.1 Å².